The summed E-state index contributed by atoms with van der Waals surface area (Å²) in [6.07, 6.45) is 8.74. The molecular formula is C20H36O. The summed E-state index contributed by atoms with van der Waals surface area (Å²) in [5.41, 5.74) is 2.70. The minimum absolute atomic E-state index is 0.0595. The second-order valence-electron chi connectivity index (χ2n) is 8.07. The largest absolute Gasteiger partial charge is 0.388 e. The zero-order chi connectivity index (χ0) is 16.2. The fourth-order valence-electron chi connectivity index (χ4n) is 3.37. The van der Waals surface area contributed by atoms with Gasteiger partial charge in [-0.15, -0.1) is 0 Å². The molecular weight excluding hydrogens is 256 g/mol. The quantitative estimate of drug-likeness (QED) is 0.661. The van der Waals surface area contributed by atoms with E-state index in [0.717, 1.165) is 12.3 Å². The summed E-state index contributed by atoms with van der Waals surface area (Å²) in [7, 11) is 0. The van der Waals surface area contributed by atoms with Crippen molar-refractivity contribution >= 4 is 0 Å². The van der Waals surface area contributed by atoms with Crippen molar-refractivity contribution in [2.75, 3.05) is 0 Å². The molecule has 122 valence electrons. The number of aliphatic hydroxyl groups excluding tert-OH is 1. The number of allylic oxidation sites excluding steroid dienone is 2. The van der Waals surface area contributed by atoms with Crippen LogP contribution >= 0.6 is 0 Å². The third kappa shape index (κ3) is 4.98. The van der Waals surface area contributed by atoms with Crippen LogP contribution in [0.5, 0.6) is 0 Å². The Balaban J connectivity index is 2.99. The number of hydrogen-bond donors (Lipinski definition) is 1. The van der Waals surface area contributed by atoms with Crippen LogP contribution in [0.1, 0.15) is 74.1 Å². The lowest BCUT2D eigenvalue weighted by molar-refractivity contribution is 0.173. The molecule has 0 aliphatic heterocycles. The van der Waals surface area contributed by atoms with Crippen molar-refractivity contribution in [1.29, 1.82) is 0 Å². The fraction of sp³-hybridized carbons (Fsp3) is 0.800. The minimum atomic E-state index is -0.298. The van der Waals surface area contributed by atoms with Crippen LogP contribution in [0.25, 0.3) is 0 Å². The Hall–Kier alpha value is -0.560. The van der Waals surface area contributed by atoms with Crippen molar-refractivity contribution in [2.45, 2.75) is 80.3 Å². The summed E-state index contributed by atoms with van der Waals surface area (Å²) in [6, 6.07) is 0. The second kappa shape index (κ2) is 7.63. The topological polar surface area (TPSA) is 20.2 Å². The third-order valence-corrected chi connectivity index (χ3v) is 5.29. The van der Waals surface area contributed by atoms with Gasteiger partial charge in [-0.1, -0.05) is 79.0 Å². The van der Waals surface area contributed by atoms with Gasteiger partial charge in [-0.2, -0.15) is 0 Å². The predicted molar refractivity (Wildman–Crippen MR) is 93.3 cm³/mol. The first-order valence-corrected chi connectivity index (χ1v) is 8.79. The summed E-state index contributed by atoms with van der Waals surface area (Å²) >= 11 is 0. The Bertz CT molecular complexity index is 383. The first-order valence-electron chi connectivity index (χ1n) is 8.79. The third-order valence-electron chi connectivity index (χ3n) is 5.29. The van der Waals surface area contributed by atoms with E-state index >= 15 is 0 Å². The minimum Gasteiger partial charge on any atom is -0.388 e. The SMILES string of the molecule is CCC(C)CC(C1=CC=C(C(C)(C)C)C(O)C1)C(C)CC. The van der Waals surface area contributed by atoms with Gasteiger partial charge in [-0.3, -0.25) is 0 Å². The van der Waals surface area contributed by atoms with Crippen molar-refractivity contribution in [2.24, 2.45) is 23.2 Å². The number of rotatable bonds is 6. The molecule has 0 saturated carbocycles. The van der Waals surface area contributed by atoms with E-state index < -0.39 is 0 Å². The van der Waals surface area contributed by atoms with Crippen molar-refractivity contribution in [1.82, 2.24) is 0 Å². The Morgan fingerprint density at radius 2 is 1.76 bits per heavy atom. The molecule has 1 rings (SSSR count). The highest BCUT2D eigenvalue weighted by atomic mass is 16.3. The van der Waals surface area contributed by atoms with Crippen LogP contribution in [0, 0.1) is 23.2 Å². The highest BCUT2D eigenvalue weighted by Crippen LogP contribution is 2.39. The molecule has 4 unspecified atom stereocenters. The highest BCUT2D eigenvalue weighted by molar-refractivity contribution is 5.32. The average molecular weight is 293 g/mol. The van der Waals surface area contributed by atoms with Gasteiger partial charge in [0.2, 0.25) is 0 Å². The monoisotopic (exact) mass is 292 g/mol. The molecule has 0 fully saturated rings. The van der Waals surface area contributed by atoms with Gasteiger partial charge in [0.25, 0.3) is 0 Å². The van der Waals surface area contributed by atoms with Gasteiger partial charge in [0.05, 0.1) is 6.10 Å². The van der Waals surface area contributed by atoms with Gasteiger partial charge in [0.15, 0.2) is 0 Å². The lowest BCUT2D eigenvalue weighted by Gasteiger charge is -2.35. The van der Waals surface area contributed by atoms with Gasteiger partial charge in [0.1, 0.15) is 0 Å². The van der Waals surface area contributed by atoms with Crippen LogP contribution in [-0.4, -0.2) is 11.2 Å². The van der Waals surface area contributed by atoms with E-state index in [-0.39, 0.29) is 11.5 Å². The maximum absolute atomic E-state index is 10.6. The molecule has 1 aliphatic rings. The highest BCUT2D eigenvalue weighted by Gasteiger charge is 2.30. The van der Waals surface area contributed by atoms with Crippen molar-refractivity contribution in [3.8, 4) is 0 Å². The van der Waals surface area contributed by atoms with Crippen LogP contribution in [0.3, 0.4) is 0 Å². The van der Waals surface area contributed by atoms with Gasteiger partial charge >= 0.3 is 0 Å². The molecule has 21 heavy (non-hydrogen) atoms. The molecule has 0 aromatic carbocycles. The maximum atomic E-state index is 10.6. The lowest BCUT2D eigenvalue weighted by atomic mass is 9.72. The van der Waals surface area contributed by atoms with Gasteiger partial charge < -0.3 is 5.11 Å². The van der Waals surface area contributed by atoms with Crippen LogP contribution < -0.4 is 0 Å². The summed E-state index contributed by atoms with van der Waals surface area (Å²) < 4.78 is 0. The summed E-state index contributed by atoms with van der Waals surface area (Å²) in [5, 5.41) is 10.6. The summed E-state index contributed by atoms with van der Waals surface area (Å²) in [6.45, 7) is 15.8. The maximum Gasteiger partial charge on any atom is 0.0795 e. The number of aliphatic hydroxyl groups is 1. The summed E-state index contributed by atoms with van der Waals surface area (Å²) in [4.78, 5) is 0. The Morgan fingerprint density at radius 3 is 2.19 bits per heavy atom. The molecule has 1 heteroatoms. The van der Waals surface area contributed by atoms with E-state index in [1.807, 2.05) is 0 Å². The van der Waals surface area contributed by atoms with Crippen LogP contribution in [0.2, 0.25) is 0 Å². The second-order valence-corrected chi connectivity index (χ2v) is 8.07. The van der Waals surface area contributed by atoms with Crippen molar-refractivity contribution in [3.63, 3.8) is 0 Å². The molecule has 1 nitrogen and oxygen atoms in total. The van der Waals surface area contributed by atoms with Gasteiger partial charge in [-0.05, 0) is 41.6 Å². The van der Waals surface area contributed by atoms with Gasteiger partial charge in [-0.25, -0.2) is 0 Å². The molecule has 0 saturated heterocycles. The predicted octanol–water partition coefficient (Wildman–Crippen LogP) is 5.75. The average Bonchev–Trinajstić information content (AvgIpc) is 2.42. The van der Waals surface area contributed by atoms with E-state index in [1.165, 1.54) is 30.4 Å². The Morgan fingerprint density at radius 1 is 1.14 bits per heavy atom. The molecule has 0 spiro atoms. The zero-order valence-corrected chi connectivity index (χ0v) is 15.2. The zero-order valence-electron chi connectivity index (χ0n) is 15.2. The first-order chi connectivity index (χ1) is 9.70. The van der Waals surface area contributed by atoms with E-state index in [0.29, 0.717) is 11.8 Å². The summed E-state index contributed by atoms with van der Waals surface area (Å²) in [5.74, 6) is 2.08. The standard InChI is InChI=1S/C20H36O/c1-8-14(3)12-17(15(4)9-2)16-10-11-18(19(21)13-16)20(5,6)7/h10-11,14-15,17,19,21H,8-9,12-13H2,1-7H3. The van der Waals surface area contributed by atoms with E-state index in [4.69, 9.17) is 0 Å². The van der Waals surface area contributed by atoms with Crippen molar-refractivity contribution in [3.05, 3.63) is 23.3 Å². The molecule has 0 amide bonds. The van der Waals surface area contributed by atoms with Crippen LogP contribution in [0.4, 0.5) is 0 Å². The van der Waals surface area contributed by atoms with E-state index in [1.54, 1.807) is 0 Å². The molecule has 0 aromatic rings. The molecule has 0 heterocycles. The van der Waals surface area contributed by atoms with Crippen LogP contribution in [0.15, 0.2) is 23.3 Å². The molecule has 1 aliphatic carbocycles. The molecule has 0 aromatic heterocycles. The Kier molecular flexibility index (Phi) is 6.71. The smallest absolute Gasteiger partial charge is 0.0795 e. The first kappa shape index (κ1) is 18.5. The van der Waals surface area contributed by atoms with E-state index in [9.17, 15) is 5.11 Å². The fourth-order valence-corrected chi connectivity index (χ4v) is 3.37. The van der Waals surface area contributed by atoms with E-state index in [2.05, 4.69) is 60.6 Å². The van der Waals surface area contributed by atoms with Gasteiger partial charge in [0, 0.05) is 0 Å². The molecule has 0 radical (unpaired) electrons. The van der Waals surface area contributed by atoms with Crippen molar-refractivity contribution < 1.29 is 5.11 Å². The molecule has 1 N–H and O–H groups in total. The molecule has 0 bridgehead atoms. The van der Waals surface area contributed by atoms with Crippen LogP contribution in [-0.2, 0) is 0 Å². The molecule has 4 atom stereocenters. The lowest BCUT2D eigenvalue weighted by Crippen LogP contribution is -2.28. The number of hydrogen-bond acceptors (Lipinski definition) is 1. The normalized spacial score (nSPS) is 24.1. The Labute approximate surface area is 132 Å².